The number of halogens is 2. The van der Waals surface area contributed by atoms with Crippen LogP contribution in [0.4, 0.5) is 11.4 Å². The fourth-order valence-corrected chi connectivity index (χ4v) is 3.77. The summed E-state index contributed by atoms with van der Waals surface area (Å²) in [6.45, 7) is 3.74. The minimum absolute atomic E-state index is 0.0895. The number of anilines is 2. The number of ether oxygens (including phenoxy) is 1. The maximum absolute atomic E-state index is 12.5. The summed E-state index contributed by atoms with van der Waals surface area (Å²) < 4.78 is 6.20. The average molecular weight is 539 g/mol. The summed E-state index contributed by atoms with van der Waals surface area (Å²) >= 11 is 9.47. The Balaban J connectivity index is 1.64. The third-order valence-electron chi connectivity index (χ3n) is 4.77. The van der Waals surface area contributed by atoms with Crippen LogP contribution in [0.15, 0.2) is 70.7 Å². The first-order valence-electron chi connectivity index (χ1n) is 10.2. The molecule has 0 aliphatic rings. The van der Waals surface area contributed by atoms with E-state index in [4.69, 9.17) is 16.3 Å². The Labute approximate surface area is 211 Å². The molecule has 0 spiro atoms. The Morgan fingerprint density at radius 1 is 1.06 bits per heavy atom. The summed E-state index contributed by atoms with van der Waals surface area (Å²) in [7, 11) is 0. The van der Waals surface area contributed by atoms with Crippen LogP contribution in [0.2, 0.25) is 5.02 Å². The second-order valence-corrected chi connectivity index (χ2v) is 8.71. The zero-order valence-electron chi connectivity index (χ0n) is 18.5. The van der Waals surface area contributed by atoms with Gasteiger partial charge in [0.2, 0.25) is 0 Å². The van der Waals surface area contributed by atoms with E-state index < -0.39 is 5.91 Å². The molecule has 3 aromatic carbocycles. The van der Waals surface area contributed by atoms with E-state index in [0.717, 1.165) is 16.8 Å². The molecule has 0 saturated carbocycles. The summed E-state index contributed by atoms with van der Waals surface area (Å²) in [5, 5.41) is 15.3. The summed E-state index contributed by atoms with van der Waals surface area (Å²) in [6.07, 6.45) is 1.45. The Morgan fingerprint density at radius 2 is 1.82 bits per heavy atom. The second kappa shape index (κ2) is 11.5. The summed E-state index contributed by atoms with van der Waals surface area (Å²) in [5.74, 6) is -0.409. The van der Waals surface area contributed by atoms with E-state index in [1.165, 1.54) is 6.08 Å². The molecule has 172 valence electrons. The van der Waals surface area contributed by atoms with Crippen molar-refractivity contribution in [2.45, 2.75) is 13.8 Å². The first kappa shape index (κ1) is 25.0. The SMILES string of the molecule is Cc1ccc(NC(=O)COc2ccc(/C=C(\C#N)C(=O)Nc3ccccc3Cl)cc2Br)c(C)c1. The Bertz CT molecular complexity index is 1310. The van der Waals surface area contributed by atoms with Gasteiger partial charge in [0, 0.05) is 5.69 Å². The molecule has 0 aromatic heterocycles. The van der Waals surface area contributed by atoms with Crippen LogP contribution in [0, 0.1) is 25.2 Å². The standard InChI is InChI=1S/C26H21BrClN3O3/c1-16-7-9-22(17(2)11-16)30-25(32)15-34-24-10-8-18(13-20(24)27)12-19(14-29)26(33)31-23-6-4-3-5-21(23)28/h3-13H,15H2,1-2H3,(H,30,32)(H,31,33)/b19-12+. The predicted molar refractivity (Wildman–Crippen MR) is 138 cm³/mol. The van der Waals surface area contributed by atoms with E-state index in [9.17, 15) is 14.9 Å². The van der Waals surface area contributed by atoms with Crippen molar-refractivity contribution in [3.8, 4) is 11.8 Å². The largest absolute Gasteiger partial charge is 0.483 e. The molecule has 2 amide bonds. The Hall–Kier alpha value is -3.60. The number of hydrogen-bond donors (Lipinski definition) is 2. The van der Waals surface area contributed by atoms with Crippen LogP contribution < -0.4 is 15.4 Å². The number of hydrogen-bond acceptors (Lipinski definition) is 4. The van der Waals surface area contributed by atoms with Gasteiger partial charge in [0.25, 0.3) is 11.8 Å². The number of nitriles is 1. The quantitative estimate of drug-likeness (QED) is 0.273. The van der Waals surface area contributed by atoms with Crippen molar-refractivity contribution in [2.24, 2.45) is 0 Å². The molecule has 3 rings (SSSR count). The second-order valence-electron chi connectivity index (χ2n) is 7.45. The van der Waals surface area contributed by atoms with Crippen LogP contribution in [0.3, 0.4) is 0 Å². The molecule has 0 aliphatic carbocycles. The zero-order chi connectivity index (χ0) is 24.7. The number of carbonyl (C=O) groups excluding carboxylic acids is 2. The van der Waals surface area contributed by atoms with Crippen LogP contribution in [-0.4, -0.2) is 18.4 Å². The lowest BCUT2D eigenvalue weighted by atomic mass is 10.1. The number of nitrogens with zero attached hydrogens (tertiary/aromatic N) is 1. The molecule has 0 atom stereocenters. The number of carbonyl (C=O) groups is 2. The third-order valence-corrected chi connectivity index (χ3v) is 5.72. The first-order chi connectivity index (χ1) is 16.3. The van der Waals surface area contributed by atoms with Crippen molar-refractivity contribution >= 4 is 56.8 Å². The minimum Gasteiger partial charge on any atom is -0.483 e. The highest BCUT2D eigenvalue weighted by Gasteiger charge is 2.13. The molecule has 3 aromatic rings. The normalized spacial score (nSPS) is 10.9. The maximum Gasteiger partial charge on any atom is 0.266 e. The molecule has 0 saturated heterocycles. The number of rotatable bonds is 7. The van der Waals surface area contributed by atoms with Crippen molar-refractivity contribution in [2.75, 3.05) is 17.2 Å². The van der Waals surface area contributed by atoms with E-state index in [1.807, 2.05) is 38.1 Å². The first-order valence-corrected chi connectivity index (χ1v) is 11.4. The molecule has 0 unspecified atom stereocenters. The molecule has 0 fully saturated rings. The van der Waals surface area contributed by atoms with Gasteiger partial charge < -0.3 is 15.4 Å². The maximum atomic E-state index is 12.5. The lowest BCUT2D eigenvalue weighted by Gasteiger charge is -2.11. The third kappa shape index (κ3) is 6.70. The molecule has 34 heavy (non-hydrogen) atoms. The highest BCUT2D eigenvalue weighted by Crippen LogP contribution is 2.27. The van der Waals surface area contributed by atoms with Gasteiger partial charge in [-0.1, -0.05) is 47.5 Å². The molecule has 6 nitrogen and oxygen atoms in total. The van der Waals surface area contributed by atoms with E-state index in [0.29, 0.717) is 26.5 Å². The number of amides is 2. The monoisotopic (exact) mass is 537 g/mol. The van der Waals surface area contributed by atoms with E-state index in [2.05, 4.69) is 26.6 Å². The molecular weight excluding hydrogens is 518 g/mol. The highest BCUT2D eigenvalue weighted by molar-refractivity contribution is 9.10. The predicted octanol–water partition coefficient (Wildman–Crippen LogP) is 6.28. The fourth-order valence-electron chi connectivity index (χ4n) is 3.07. The number of aryl methyl sites for hydroxylation is 2. The molecule has 0 radical (unpaired) electrons. The van der Waals surface area contributed by atoms with Crippen LogP contribution >= 0.6 is 27.5 Å². The van der Waals surface area contributed by atoms with Gasteiger partial charge in [-0.2, -0.15) is 5.26 Å². The number of nitrogens with one attached hydrogen (secondary N) is 2. The van der Waals surface area contributed by atoms with Crippen molar-refractivity contribution in [1.29, 1.82) is 5.26 Å². The van der Waals surface area contributed by atoms with Crippen LogP contribution in [0.1, 0.15) is 16.7 Å². The molecular formula is C26H21BrClN3O3. The summed E-state index contributed by atoms with van der Waals surface area (Å²) in [5.41, 5.74) is 3.75. The van der Waals surface area contributed by atoms with Gasteiger partial charge in [-0.05, 0) is 77.3 Å². The van der Waals surface area contributed by atoms with Crippen LogP contribution in [0.25, 0.3) is 6.08 Å². The van der Waals surface area contributed by atoms with Gasteiger partial charge in [0.05, 0.1) is 15.2 Å². The fraction of sp³-hybridized carbons (Fsp3) is 0.115. The van der Waals surface area contributed by atoms with Gasteiger partial charge in [-0.3, -0.25) is 9.59 Å². The van der Waals surface area contributed by atoms with Crippen molar-refractivity contribution in [3.05, 3.63) is 92.4 Å². The van der Waals surface area contributed by atoms with Crippen molar-refractivity contribution in [3.63, 3.8) is 0 Å². The number of para-hydroxylation sites is 1. The lowest BCUT2D eigenvalue weighted by molar-refractivity contribution is -0.118. The summed E-state index contributed by atoms with van der Waals surface area (Å²) in [6, 6.07) is 19.5. The van der Waals surface area contributed by atoms with E-state index in [-0.39, 0.29) is 18.1 Å². The minimum atomic E-state index is -0.574. The Kier molecular flexibility index (Phi) is 8.47. The molecule has 2 N–H and O–H groups in total. The van der Waals surface area contributed by atoms with Crippen LogP contribution in [0.5, 0.6) is 5.75 Å². The lowest BCUT2D eigenvalue weighted by Crippen LogP contribution is -2.20. The molecule has 8 heteroatoms. The van der Waals surface area contributed by atoms with Crippen molar-refractivity contribution < 1.29 is 14.3 Å². The number of benzene rings is 3. The van der Waals surface area contributed by atoms with E-state index in [1.54, 1.807) is 42.5 Å². The molecule has 0 bridgehead atoms. The molecule has 0 heterocycles. The van der Waals surface area contributed by atoms with Gasteiger partial charge >= 0.3 is 0 Å². The van der Waals surface area contributed by atoms with Gasteiger partial charge in [-0.25, -0.2) is 0 Å². The van der Waals surface area contributed by atoms with Gasteiger partial charge in [0.15, 0.2) is 6.61 Å². The van der Waals surface area contributed by atoms with Crippen LogP contribution in [-0.2, 0) is 9.59 Å². The van der Waals surface area contributed by atoms with E-state index >= 15 is 0 Å². The van der Waals surface area contributed by atoms with Gasteiger partial charge in [-0.15, -0.1) is 0 Å². The topological polar surface area (TPSA) is 91.2 Å². The average Bonchev–Trinajstić information content (AvgIpc) is 2.80. The zero-order valence-corrected chi connectivity index (χ0v) is 20.8. The van der Waals surface area contributed by atoms with Gasteiger partial charge in [0.1, 0.15) is 17.4 Å². The summed E-state index contributed by atoms with van der Waals surface area (Å²) in [4.78, 5) is 24.8. The Morgan fingerprint density at radius 3 is 2.50 bits per heavy atom. The van der Waals surface area contributed by atoms with Crippen molar-refractivity contribution in [1.82, 2.24) is 0 Å². The smallest absolute Gasteiger partial charge is 0.266 e. The molecule has 0 aliphatic heterocycles. The highest BCUT2D eigenvalue weighted by atomic mass is 79.9.